The minimum Gasteiger partial charge on any atom is -0.481 e. The molecule has 2 aliphatic rings. The standard InChI is InChI=1S/C22H23NO5/c24-21(25)10-9-15-13-27-12-11-23(15)22(26)28-14-20-18-7-3-1-5-16(18)17-6-2-4-8-19(17)20/h1-8,15,20H,9-14H2,(H,24,25)/t15-/m1/s1. The molecule has 1 aliphatic carbocycles. The lowest BCUT2D eigenvalue weighted by Gasteiger charge is -2.34. The van der Waals surface area contributed by atoms with Crippen LogP contribution in [0.1, 0.15) is 29.9 Å². The van der Waals surface area contributed by atoms with E-state index < -0.39 is 12.1 Å². The van der Waals surface area contributed by atoms with E-state index in [0.717, 1.165) is 0 Å². The lowest BCUT2D eigenvalue weighted by molar-refractivity contribution is -0.137. The van der Waals surface area contributed by atoms with E-state index in [1.54, 1.807) is 4.90 Å². The number of benzene rings is 2. The Labute approximate surface area is 163 Å². The molecule has 146 valence electrons. The lowest BCUT2D eigenvalue weighted by Crippen LogP contribution is -2.49. The van der Waals surface area contributed by atoms with Crippen LogP contribution in [0.25, 0.3) is 11.1 Å². The summed E-state index contributed by atoms with van der Waals surface area (Å²) in [6, 6.07) is 16.1. The Balaban J connectivity index is 1.46. The van der Waals surface area contributed by atoms with Gasteiger partial charge in [-0.15, -0.1) is 0 Å². The number of hydrogen-bond donors (Lipinski definition) is 1. The second kappa shape index (κ2) is 8.02. The summed E-state index contributed by atoms with van der Waals surface area (Å²) in [7, 11) is 0. The van der Waals surface area contributed by atoms with Gasteiger partial charge < -0.3 is 19.5 Å². The van der Waals surface area contributed by atoms with E-state index in [0.29, 0.717) is 26.2 Å². The van der Waals surface area contributed by atoms with Crippen molar-refractivity contribution in [2.24, 2.45) is 0 Å². The molecule has 1 N–H and O–H groups in total. The molecule has 2 aromatic rings. The smallest absolute Gasteiger partial charge is 0.410 e. The predicted octanol–water partition coefficient (Wildman–Crippen LogP) is 3.50. The van der Waals surface area contributed by atoms with Crippen molar-refractivity contribution >= 4 is 12.1 Å². The van der Waals surface area contributed by atoms with Crippen LogP contribution in [0, 0.1) is 0 Å². The minimum absolute atomic E-state index is 0.00117. The highest BCUT2D eigenvalue weighted by Gasteiger charge is 2.32. The molecule has 1 fully saturated rings. The van der Waals surface area contributed by atoms with Gasteiger partial charge in [0.15, 0.2) is 0 Å². The van der Waals surface area contributed by atoms with Gasteiger partial charge >= 0.3 is 12.1 Å². The van der Waals surface area contributed by atoms with Crippen LogP contribution < -0.4 is 0 Å². The molecule has 1 atom stereocenters. The first-order valence-corrected chi connectivity index (χ1v) is 9.56. The molecular weight excluding hydrogens is 358 g/mol. The van der Waals surface area contributed by atoms with Gasteiger partial charge in [-0.25, -0.2) is 4.79 Å². The van der Waals surface area contributed by atoms with E-state index in [-0.39, 0.29) is 25.0 Å². The average molecular weight is 381 g/mol. The molecule has 2 aromatic carbocycles. The van der Waals surface area contributed by atoms with Gasteiger partial charge in [0.05, 0.1) is 19.3 Å². The Bertz CT molecular complexity index is 835. The maximum atomic E-state index is 12.7. The van der Waals surface area contributed by atoms with Gasteiger partial charge in [-0.2, -0.15) is 0 Å². The number of hydrogen-bond acceptors (Lipinski definition) is 4. The van der Waals surface area contributed by atoms with Gasteiger partial charge in [-0.1, -0.05) is 48.5 Å². The highest BCUT2D eigenvalue weighted by atomic mass is 16.6. The molecule has 1 heterocycles. The van der Waals surface area contributed by atoms with Gasteiger partial charge in [-0.3, -0.25) is 4.79 Å². The third-order valence-corrected chi connectivity index (χ3v) is 5.49. The van der Waals surface area contributed by atoms with Crippen molar-refractivity contribution in [3.63, 3.8) is 0 Å². The molecule has 0 unspecified atom stereocenters. The number of ether oxygens (including phenoxy) is 2. The largest absolute Gasteiger partial charge is 0.481 e. The summed E-state index contributed by atoms with van der Waals surface area (Å²) in [4.78, 5) is 25.2. The number of carboxylic acid groups (broad SMARTS) is 1. The highest BCUT2D eigenvalue weighted by molar-refractivity contribution is 5.79. The summed E-state index contributed by atoms with van der Waals surface area (Å²) >= 11 is 0. The number of fused-ring (bicyclic) bond motifs is 3. The molecule has 4 rings (SSSR count). The van der Waals surface area contributed by atoms with Crippen molar-refractivity contribution in [1.82, 2.24) is 4.90 Å². The van der Waals surface area contributed by atoms with E-state index in [4.69, 9.17) is 14.6 Å². The summed E-state index contributed by atoms with van der Waals surface area (Å²) < 4.78 is 11.1. The summed E-state index contributed by atoms with van der Waals surface area (Å²) in [5.41, 5.74) is 4.71. The Morgan fingerprint density at radius 2 is 1.71 bits per heavy atom. The SMILES string of the molecule is O=C(O)CC[C@@H]1COCCN1C(=O)OCC1c2ccccc2-c2ccccc21. The first-order valence-electron chi connectivity index (χ1n) is 9.56. The van der Waals surface area contributed by atoms with Crippen LogP contribution in [0.15, 0.2) is 48.5 Å². The molecular formula is C22H23NO5. The van der Waals surface area contributed by atoms with Crippen LogP contribution >= 0.6 is 0 Å². The molecule has 6 heteroatoms. The van der Waals surface area contributed by atoms with Gasteiger partial charge in [0, 0.05) is 18.9 Å². The van der Waals surface area contributed by atoms with E-state index in [9.17, 15) is 9.59 Å². The number of amides is 1. The van der Waals surface area contributed by atoms with Crippen molar-refractivity contribution in [2.45, 2.75) is 24.8 Å². The predicted molar refractivity (Wildman–Crippen MR) is 103 cm³/mol. The zero-order chi connectivity index (χ0) is 19.5. The van der Waals surface area contributed by atoms with Crippen molar-refractivity contribution in [1.29, 1.82) is 0 Å². The van der Waals surface area contributed by atoms with Crippen molar-refractivity contribution in [3.05, 3.63) is 59.7 Å². The summed E-state index contributed by atoms with van der Waals surface area (Å²) in [5, 5.41) is 8.93. The Kier molecular flexibility index (Phi) is 5.30. The van der Waals surface area contributed by atoms with Crippen molar-refractivity contribution in [3.8, 4) is 11.1 Å². The maximum absolute atomic E-state index is 12.7. The molecule has 1 amide bonds. The average Bonchev–Trinajstić information content (AvgIpc) is 3.04. The fraction of sp³-hybridized carbons (Fsp3) is 0.364. The van der Waals surface area contributed by atoms with Gasteiger partial charge in [0.1, 0.15) is 6.61 Å². The first kappa shape index (κ1) is 18.5. The fourth-order valence-corrected chi connectivity index (χ4v) is 4.10. The normalized spacial score (nSPS) is 18.4. The molecule has 1 saturated heterocycles. The van der Waals surface area contributed by atoms with E-state index in [1.165, 1.54) is 22.3 Å². The topological polar surface area (TPSA) is 76.1 Å². The van der Waals surface area contributed by atoms with Crippen LogP contribution in [0.5, 0.6) is 0 Å². The fourth-order valence-electron chi connectivity index (χ4n) is 4.10. The zero-order valence-corrected chi connectivity index (χ0v) is 15.5. The van der Waals surface area contributed by atoms with Gasteiger partial charge in [0.2, 0.25) is 0 Å². The summed E-state index contributed by atoms with van der Waals surface area (Å²) in [5.74, 6) is -0.868. The summed E-state index contributed by atoms with van der Waals surface area (Å²) in [6.45, 7) is 1.46. The number of nitrogens with zero attached hydrogens (tertiary/aromatic N) is 1. The minimum atomic E-state index is -0.877. The number of rotatable bonds is 5. The molecule has 6 nitrogen and oxygen atoms in total. The molecule has 0 aromatic heterocycles. The van der Waals surface area contributed by atoms with E-state index in [1.807, 2.05) is 24.3 Å². The van der Waals surface area contributed by atoms with Gasteiger partial charge in [0.25, 0.3) is 0 Å². The number of carboxylic acids is 1. The Morgan fingerprint density at radius 3 is 2.36 bits per heavy atom. The second-order valence-corrected chi connectivity index (χ2v) is 7.16. The number of carbonyl (C=O) groups excluding carboxylic acids is 1. The number of aliphatic carboxylic acids is 1. The molecule has 28 heavy (non-hydrogen) atoms. The Morgan fingerprint density at radius 1 is 1.07 bits per heavy atom. The van der Waals surface area contributed by atoms with Crippen LogP contribution in [0.3, 0.4) is 0 Å². The first-order chi connectivity index (χ1) is 13.6. The summed E-state index contributed by atoms with van der Waals surface area (Å²) in [6.07, 6.45) is -0.0405. The van der Waals surface area contributed by atoms with E-state index >= 15 is 0 Å². The highest BCUT2D eigenvalue weighted by Crippen LogP contribution is 2.44. The van der Waals surface area contributed by atoms with E-state index in [2.05, 4.69) is 24.3 Å². The molecule has 0 spiro atoms. The molecule has 1 aliphatic heterocycles. The molecule has 0 saturated carbocycles. The zero-order valence-electron chi connectivity index (χ0n) is 15.5. The quantitative estimate of drug-likeness (QED) is 0.858. The van der Waals surface area contributed by atoms with Crippen LogP contribution in [-0.2, 0) is 14.3 Å². The number of carbonyl (C=O) groups is 2. The molecule has 0 radical (unpaired) electrons. The maximum Gasteiger partial charge on any atom is 0.410 e. The third-order valence-electron chi connectivity index (χ3n) is 5.49. The van der Waals surface area contributed by atoms with Crippen molar-refractivity contribution in [2.75, 3.05) is 26.4 Å². The monoisotopic (exact) mass is 381 g/mol. The van der Waals surface area contributed by atoms with Crippen LogP contribution in [-0.4, -0.2) is 54.5 Å². The lowest BCUT2D eigenvalue weighted by atomic mass is 9.98. The second-order valence-electron chi connectivity index (χ2n) is 7.16. The molecule has 0 bridgehead atoms. The van der Waals surface area contributed by atoms with Crippen LogP contribution in [0.4, 0.5) is 4.79 Å². The van der Waals surface area contributed by atoms with Gasteiger partial charge in [-0.05, 0) is 28.7 Å². The number of morpholine rings is 1. The van der Waals surface area contributed by atoms with Crippen LogP contribution in [0.2, 0.25) is 0 Å². The van der Waals surface area contributed by atoms with Crippen molar-refractivity contribution < 1.29 is 24.2 Å². The third kappa shape index (κ3) is 3.60. The Hall–Kier alpha value is -2.86.